The number of carbonyl (C=O) groups is 1. The monoisotopic (exact) mass is 281 g/mol. The van der Waals surface area contributed by atoms with E-state index in [2.05, 4.69) is 33.0 Å². The summed E-state index contributed by atoms with van der Waals surface area (Å²) < 4.78 is 5.95. The zero-order valence-corrected chi connectivity index (χ0v) is 13.6. The molecule has 20 heavy (non-hydrogen) atoms. The molecule has 0 aromatic carbocycles. The van der Waals surface area contributed by atoms with Gasteiger partial charge in [-0.1, -0.05) is 27.7 Å². The van der Waals surface area contributed by atoms with Gasteiger partial charge in [0.2, 0.25) is 0 Å². The Hall–Kier alpha value is -0.570. The summed E-state index contributed by atoms with van der Waals surface area (Å²) in [7, 11) is 0. The molecule has 0 aromatic rings. The Balaban J connectivity index is 1.99. The molecule has 1 heterocycles. The van der Waals surface area contributed by atoms with Gasteiger partial charge in [0.05, 0.1) is 5.41 Å². The summed E-state index contributed by atoms with van der Waals surface area (Å²) in [5.41, 5.74) is 0.0237. The van der Waals surface area contributed by atoms with Crippen molar-refractivity contribution >= 4 is 5.97 Å². The molecule has 0 spiro atoms. The van der Waals surface area contributed by atoms with Crippen LogP contribution in [-0.2, 0) is 9.53 Å². The quantitative estimate of drug-likeness (QED) is 0.804. The van der Waals surface area contributed by atoms with E-state index in [0.717, 1.165) is 45.2 Å². The summed E-state index contributed by atoms with van der Waals surface area (Å²) in [6, 6.07) is 0. The Morgan fingerprint density at radius 3 is 2.65 bits per heavy atom. The normalized spacial score (nSPS) is 37.4. The minimum absolute atomic E-state index is 0.0436. The molecule has 2 rings (SSSR count). The van der Waals surface area contributed by atoms with Gasteiger partial charge in [0.15, 0.2) is 0 Å². The highest BCUT2D eigenvalue weighted by Crippen LogP contribution is 2.41. The maximum atomic E-state index is 12.7. The third-order valence-corrected chi connectivity index (χ3v) is 5.20. The highest BCUT2D eigenvalue weighted by Gasteiger charge is 2.42. The molecule has 1 N–H and O–H groups in total. The smallest absolute Gasteiger partial charge is 0.313 e. The fourth-order valence-corrected chi connectivity index (χ4v) is 4.21. The predicted molar refractivity (Wildman–Crippen MR) is 81.5 cm³/mol. The Morgan fingerprint density at radius 1 is 1.35 bits per heavy atom. The molecule has 0 amide bonds. The van der Waals surface area contributed by atoms with E-state index in [9.17, 15) is 4.79 Å². The van der Waals surface area contributed by atoms with Crippen molar-refractivity contribution in [3.63, 3.8) is 0 Å². The summed E-state index contributed by atoms with van der Waals surface area (Å²) in [6.45, 7) is 10.8. The Bertz CT molecular complexity index is 345. The summed E-state index contributed by atoms with van der Waals surface area (Å²) in [6.07, 6.45) is 6.33. The summed E-state index contributed by atoms with van der Waals surface area (Å²) >= 11 is 0. The summed E-state index contributed by atoms with van der Waals surface area (Å²) in [4.78, 5) is 12.7. The zero-order chi connectivity index (χ0) is 14.8. The van der Waals surface area contributed by atoms with Crippen LogP contribution < -0.4 is 5.32 Å². The van der Waals surface area contributed by atoms with Crippen LogP contribution in [0.15, 0.2) is 0 Å². The number of nitrogens with one attached hydrogen (secondary N) is 1. The van der Waals surface area contributed by atoms with Crippen LogP contribution in [0.1, 0.15) is 66.2 Å². The lowest BCUT2D eigenvalue weighted by atomic mass is 9.71. The van der Waals surface area contributed by atoms with Crippen molar-refractivity contribution in [2.45, 2.75) is 72.3 Å². The van der Waals surface area contributed by atoms with E-state index < -0.39 is 0 Å². The summed E-state index contributed by atoms with van der Waals surface area (Å²) in [5, 5.41) is 3.37. The predicted octanol–water partition coefficient (Wildman–Crippen LogP) is 3.52. The topological polar surface area (TPSA) is 38.3 Å². The van der Waals surface area contributed by atoms with Crippen molar-refractivity contribution in [1.29, 1.82) is 0 Å². The fourth-order valence-electron chi connectivity index (χ4n) is 4.21. The van der Waals surface area contributed by atoms with Gasteiger partial charge < -0.3 is 10.1 Å². The van der Waals surface area contributed by atoms with Crippen LogP contribution in [0.3, 0.4) is 0 Å². The second-order valence-electron chi connectivity index (χ2n) is 7.85. The van der Waals surface area contributed by atoms with Gasteiger partial charge in [-0.3, -0.25) is 4.79 Å². The molecule has 3 atom stereocenters. The number of esters is 1. The first-order valence-corrected chi connectivity index (χ1v) is 8.29. The molecule has 3 nitrogen and oxygen atoms in total. The molecule has 3 unspecified atom stereocenters. The third-order valence-electron chi connectivity index (χ3n) is 5.20. The maximum absolute atomic E-state index is 12.7. The van der Waals surface area contributed by atoms with Crippen molar-refractivity contribution in [2.24, 2.45) is 16.7 Å². The fraction of sp³-hybridized carbons (Fsp3) is 0.941. The van der Waals surface area contributed by atoms with Crippen LogP contribution in [0, 0.1) is 16.7 Å². The lowest BCUT2D eigenvalue weighted by molar-refractivity contribution is -0.167. The van der Waals surface area contributed by atoms with Gasteiger partial charge in [-0.15, -0.1) is 0 Å². The largest absolute Gasteiger partial charge is 0.462 e. The van der Waals surface area contributed by atoms with Crippen molar-refractivity contribution in [2.75, 3.05) is 13.1 Å². The van der Waals surface area contributed by atoms with Gasteiger partial charge in [0.1, 0.15) is 6.10 Å². The van der Waals surface area contributed by atoms with E-state index in [1.54, 1.807) is 0 Å². The van der Waals surface area contributed by atoms with Crippen molar-refractivity contribution in [1.82, 2.24) is 5.32 Å². The van der Waals surface area contributed by atoms with Crippen LogP contribution >= 0.6 is 0 Å². The van der Waals surface area contributed by atoms with Gasteiger partial charge in [-0.2, -0.15) is 0 Å². The van der Waals surface area contributed by atoms with Gasteiger partial charge in [0, 0.05) is 6.54 Å². The van der Waals surface area contributed by atoms with Crippen molar-refractivity contribution < 1.29 is 9.53 Å². The van der Waals surface area contributed by atoms with E-state index in [1.807, 2.05) is 0 Å². The molecule has 2 aliphatic rings. The Morgan fingerprint density at radius 2 is 2.10 bits per heavy atom. The molecular weight excluding hydrogens is 250 g/mol. The first-order chi connectivity index (χ1) is 9.37. The second-order valence-corrected chi connectivity index (χ2v) is 7.85. The van der Waals surface area contributed by atoms with Crippen LogP contribution in [0.25, 0.3) is 0 Å². The molecule has 1 saturated heterocycles. The van der Waals surface area contributed by atoms with Gasteiger partial charge >= 0.3 is 5.97 Å². The van der Waals surface area contributed by atoms with Crippen LogP contribution in [0.4, 0.5) is 0 Å². The summed E-state index contributed by atoms with van der Waals surface area (Å²) in [5.74, 6) is 0.695. The lowest BCUT2D eigenvalue weighted by Crippen LogP contribution is -2.47. The molecule has 1 aliphatic heterocycles. The molecule has 116 valence electrons. The number of carbonyl (C=O) groups excluding carboxylic acids is 1. The van der Waals surface area contributed by atoms with Crippen LogP contribution in [-0.4, -0.2) is 25.2 Å². The molecule has 0 radical (unpaired) electrons. The maximum Gasteiger partial charge on any atom is 0.313 e. The van der Waals surface area contributed by atoms with E-state index in [1.165, 1.54) is 6.42 Å². The van der Waals surface area contributed by atoms with Crippen LogP contribution in [0.5, 0.6) is 0 Å². The number of rotatable bonds is 3. The molecule has 0 aromatic heterocycles. The van der Waals surface area contributed by atoms with Gasteiger partial charge in [0.25, 0.3) is 0 Å². The Labute approximate surface area is 123 Å². The van der Waals surface area contributed by atoms with E-state index in [0.29, 0.717) is 11.3 Å². The van der Waals surface area contributed by atoms with Crippen molar-refractivity contribution in [3.05, 3.63) is 0 Å². The van der Waals surface area contributed by atoms with Crippen molar-refractivity contribution in [3.8, 4) is 0 Å². The first kappa shape index (κ1) is 15.8. The second kappa shape index (κ2) is 6.05. The highest BCUT2D eigenvalue weighted by atomic mass is 16.5. The zero-order valence-electron chi connectivity index (χ0n) is 13.6. The molecule has 1 saturated carbocycles. The highest BCUT2D eigenvalue weighted by molar-refractivity contribution is 5.77. The third kappa shape index (κ3) is 3.55. The lowest BCUT2D eigenvalue weighted by Gasteiger charge is -2.41. The Kier molecular flexibility index (Phi) is 4.78. The average Bonchev–Trinajstić information content (AvgIpc) is 2.37. The molecule has 2 fully saturated rings. The standard InChI is InChI=1S/C17H31NO2/c1-5-17(7-6-8-18-12-17)15(19)20-14-9-13(2)10-16(3,4)11-14/h13-14,18H,5-12H2,1-4H3. The van der Waals surface area contributed by atoms with E-state index in [4.69, 9.17) is 4.74 Å². The molecule has 1 aliphatic carbocycles. The SMILES string of the molecule is CCC1(C(=O)OC2CC(C)CC(C)(C)C2)CCCNC1. The minimum Gasteiger partial charge on any atom is -0.462 e. The number of ether oxygens (including phenoxy) is 1. The molecule has 3 heteroatoms. The molecule has 0 bridgehead atoms. The van der Waals surface area contributed by atoms with E-state index >= 15 is 0 Å². The number of hydrogen-bond acceptors (Lipinski definition) is 3. The minimum atomic E-state index is -0.275. The average molecular weight is 281 g/mol. The van der Waals surface area contributed by atoms with Gasteiger partial charge in [-0.25, -0.2) is 0 Å². The number of hydrogen-bond donors (Lipinski definition) is 1. The van der Waals surface area contributed by atoms with Gasteiger partial charge in [-0.05, 0) is 56.4 Å². The van der Waals surface area contributed by atoms with E-state index in [-0.39, 0.29) is 17.5 Å². The number of piperidine rings is 1. The van der Waals surface area contributed by atoms with Crippen LogP contribution in [0.2, 0.25) is 0 Å². The first-order valence-electron chi connectivity index (χ1n) is 8.29. The molecular formula is C17H31NO2.